The van der Waals surface area contributed by atoms with Crippen molar-refractivity contribution in [2.45, 2.75) is 26.3 Å². The molecule has 3 N–H and O–H groups in total. The second-order valence-electron chi connectivity index (χ2n) is 8.34. The first-order valence-corrected chi connectivity index (χ1v) is 10.0. The van der Waals surface area contributed by atoms with Gasteiger partial charge in [-0.2, -0.15) is 0 Å². The van der Waals surface area contributed by atoms with Crippen molar-refractivity contribution < 1.29 is 23.8 Å². The van der Waals surface area contributed by atoms with Crippen molar-refractivity contribution >= 4 is 23.4 Å². The first kappa shape index (κ1) is 21.3. The zero-order valence-electron chi connectivity index (χ0n) is 17.6. The summed E-state index contributed by atoms with van der Waals surface area (Å²) in [4.78, 5) is 27.3. The third-order valence-electron chi connectivity index (χ3n) is 5.48. The summed E-state index contributed by atoms with van der Waals surface area (Å²) >= 11 is 0. The molecule has 1 amide bonds. The second-order valence-corrected chi connectivity index (χ2v) is 8.34. The molecule has 0 aliphatic carbocycles. The summed E-state index contributed by atoms with van der Waals surface area (Å²) < 4.78 is 19.2. The van der Waals surface area contributed by atoms with Gasteiger partial charge >= 0.3 is 6.16 Å². The molecule has 0 bridgehead atoms. The van der Waals surface area contributed by atoms with E-state index in [9.17, 15) is 14.0 Å². The van der Waals surface area contributed by atoms with Gasteiger partial charge in [0.25, 0.3) is 5.91 Å². The molecule has 32 heavy (non-hydrogen) atoms. The van der Waals surface area contributed by atoms with Crippen LogP contribution in [0, 0.1) is 11.2 Å². The monoisotopic (exact) mass is 435 g/mol. The summed E-state index contributed by atoms with van der Waals surface area (Å²) in [7, 11) is 0. The normalized spacial score (nSPS) is 16.4. The first-order chi connectivity index (χ1) is 15.2. The fourth-order valence-electron chi connectivity index (χ4n) is 4.00. The Balaban J connectivity index is 1.61. The van der Waals surface area contributed by atoms with Gasteiger partial charge < -0.3 is 20.5 Å². The van der Waals surface area contributed by atoms with Gasteiger partial charge in [-0.3, -0.25) is 9.78 Å². The Morgan fingerprint density at radius 1 is 1.19 bits per heavy atom. The lowest BCUT2D eigenvalue weighted by atomic mass is 9.73. The Labute approximate surface area is 184 Å². The highest BCUT2D eigenvalue weighted by molar-refractivity contribution is 6.02. The van der Waals surface area contributed by atoms with Gasteiger partial charge in [-0.15, -0.1) is 0 Å². The lowest BCUT2D eigenvalue weighted by molar-refractivity contribution is 0.102. The van der Waals surface area contributed by atoms with E-state index in [2.05, 4.69) is 29.5 Å². The number of fused-ring (bicyclic) bond motifs is 1. The average Bonchev–Trinajstić information content (AvgIpc) is 2.74. The SMILES string of the molecule is CC1(C)Cc2cc(OC(=O)O)ccc2NC1c1ccc(F)c(NC(=O)c2ccccn2)c1. The number of aromatic nitrogens is 1. The van der Waals surface area contributed by atoms with Crippen molar-refractivity contribution in [1.82, 2.24) is 4.98 Å². The number of carbonyl (C=O) groups excluding carboxylic acids is 1. The Bertz CT molecular complexity index is 1180. The molecule has 1 aliphatic rings. The molecule has 0 saturated carbocycles. The number of nitrogens with one attached hydrogen (secondary N) is 2. The number of nitrogens with zero attached hydrogens (tertiary/aromatic N) is 1. The van der Waals surface area contributed by atoms with Crippen LogP contribution in [0.3, 0.4) is 0 Å². The number of carboxylic acid groups (broad SMARTS) is 1. The van der Waals surface area contributed by atoms with Crippen molar-refractivity contribution in [1.29, 1.82) is 0 Å². The summed E-state index contributed by atoms with van der Waals surface area (Å²) in [6.07, 6.45) is 0.780. The molecule has 2 heterocycles. The number of amides is 1. The molecule has 3 aromatic rings. The summed E-state index contributed by atoms with van der Waals surface area (Å²) in [5, 5.41) is 14.9. The number of hydrogen-bond acceptors (Lipinski definition) is 5. The third kappa shape index (κ3) is 4.39. The number of benzene rings is 2. The molecule has 1 unspecified atom stereocenters. The zero-order valence-corrected chi connectivity index (χ0v) is 17.6. The van der Waals surface area contributed by atoms with Gasteiger partial charge in [-0.25, -0.2) is 9.18 Å². The molecule has 1 aromatic heterocycles. The maximum atomic E-state index is 14.5. The molecule has 7 nitrogen and oxygen atoms in total. The van der Waals surface area contributed by atoms with Gasteiger partial charge in [0.1, 0.15) is 17.3 Å². The van der Waals surface area contributed by atoms with Crippen LogP contribution in [0.5, 0.6) is 5.75 Å². The lowest BCUT2D eigenvalue weighted by Gasteiger charge is -2.41. The Kier molecular flexibility index (Phi) is 5.52. The van der Waals surface area contributed by atoms with E-state index in [1.807, 2.05) is 0 Å². The number of rotatable bonds is 4. The molecule has 8 heteroatoms. The fraction of sp³-hybridized carbons (Fsp3) is 0.208. The molecule has 1 atom stereocenters. The predicted octanol–water partition coefficient (Wildman–Crippen LogP) is 5.27. The number of ether oxygens (including phenoxy) is 1. The number of hydrogen-bond donors (Lipinski definition) is 3. The van der Waals surface area contributed by atoms with E-state index in [0.29, 0.717) is 6.42 Å². The summed E-state index contributed by atoms with van der Waals surface area (Å²) in [5.41, 5.74) is 2.55. The number of halogens is 1. The molecular formula is C24H22FN3O4. The van der Waals surface area contributed by atoms with Crippen LogP contribution in [0.2, 0.25) is 0 Å². The van der Waals surface area contributed by atoms with Gasteiger partial charge in [-0.1, -0.05) is 26.0 Å². The molecule has 1 aliphatic heterocycles. The van der Waals surface area contributed by atoms with Crippen molar-refractivity contribution in [2.24, 2.45) is 5.41 Å². The molecule has 0 spiro atoms. The molecule has 0 saturated heterocycles. The first-order valence-electron chi connectivity index (χ1n) is 10.0. The largest absolute Gasteiger partial charge is 0.511 e. The smallest absolute Gasteiger partial charge is 0.449 e. The minimum Gasteiger partial charge on any atom is -0.449 e. The quantitative estimate of drug-likeness (QED) is 0.382. The van der Waals surface area contributed by atoms with E-state index in [1.54, 1.807) is 48.5 Å². The van der Waals surface area contributed by atoms with Gasteiger partial charge in [-0.05, 0) is 65.4 Å². The van der Waals surface area contributed by atoms with Crippen LogP contribution in [0.1, 0.15) is 41.5 Å². The highest BCUT2D eigenvalue weighted by atomic mass is 19.1. The van der Waals surface area contributed by atoms with E-state index in [1.165, 1.54) is 12.3 Å². The Morgan fingerprint density at radius 3 is 2.72 bits per heavy atom. The lowest BCUT2D eigenvalue weighted by Crippen LogP contribution is -2.35. The fourth-order valence-corrected chi connectivity index (χ4v) is 4.00. The molecular weight excluding hydrogens is 413 g/mol. The van der Waals surface area contributed by atoms with Crippen LogP contribution in [-0.2, 0) is 6.42 Å². The van der Waals surface area contributed by atoms with Crippen LogP contribution in [0.4, 0.5) is 20.6 Å². The van der Waals surface area contributed by atoms with Gasteiger partial charge in [0.15, 0.2) is 0 Å². The maximum Gasteiger partial charge on any atom is 0.511 e. The minimum atomic E-state index is -1.36. The van der Waals surface area contributed by atoms with Crippen LogP contribution >= 0.6 is 0 Å². The number of pyridine rings is 1. The van der Waals surface area contributed by atoms with E-state index >= 15 is 0 Å². The molecule has 2 aromatic carbocycles. The highest BCUT2D eigenvalue weighted by Gasteiger charge is 2.36. The summed E-state index contributed by atoms with van der Waals surface area (Å²) in [6, 6.07) is 14.5. The van der Waals surface area contributed by atoms with Gasteiger partial charge in [0.2, 0.25) is 0 Å². The zero-order chi connectivity index (χ0) is 22.9. The van der Waals surface area contributed by atoms with Gasteiger partial charge in [0, 0.05) is 11.9 Å². The number of anilines is 2. The maximum absolute atomic E-state index is 14.5. The highest BCUT2D eigenvalue weighted by Crippen LogP contribution is 2.46. The van der Waals surface area contributed by atoms with E-state index in [-0.39, 0.29) is 28.6 Å². The van der Waals surface area contributed by atoms with Crippen LogP contribution in [0.25, 0.3) is 0 Å². The van der Waals surface area contributed by atoms with E-state index < -0.39 is 17.9 Å². The molecule has 164 valence electrons. The molecule has 0 radical (unpaired) electrons. The van der Waals surface area contributed by atoms with E-state index in [0.717, 1.165) is 16.8 Å². The molecule has 4 rings (SSSR count). The minimum absolute atomic E-state index is 0.0757. The van der Waals surface area contributed by atoms with Gasteiger partial charge in [0.05, 0.1) is 11.7 Å². The second kappa shape index (κ2) is 8.30. The summed E-state index contributed by atoms with van der Waals surface area (Å²) in [6.45, 7) is 4.13. The van der Waals surface area contributed by atoms with Crippen molar-refractivity contribution in [3.05, 3.63) is 83.4 Å². The standard InChI is InChI=1S/C24H22FN3O4/c1-24(2)13-15-11-16(32-23(30)31)7-9-18(15)27-21(24)14-6-8-17(25)20(12-14)28-22(29)19-5-3-4-10-26-19/h3-12,21,27H,13H2,1-2H3,(H,28,29)(H,30,31). The van der Waals surface area contributed by atoms with Crippen LogP contribution < -0.4 is 15.4 Å². The van der Waals surface area contributed by atoms with Crippen molar-refractivity contribution in [3.63, 3.8) is 0 Å². The summed E-state index contributed by atoms with van der Waals surface area (Å²) in [5.74, 6) is -0.773. The molecule has 0 fully saturated rings. The van der Waals surface area contributed by atoms with Crippen LogP contribution in [-0.4, -0.2) is 22.2 Å². The third-order valence-corrected chi connectivity index (χ3v) is 5.48. The average molecular weight is 435 g/mol. The van der Waals surface area contributed by atoms with Crippen LogP contribution in [0.15, 0.2) is 60.8 Å². The van der Waals surface area contributed by atoms with Crippen molar-refractivity contribution in [3.8, 4) is 5.75 Å². The Morgan fingerprint density at radius 2 is 2.00 bits per heavy atom. The van der Waals surface area contributed by atoms with Crippen molar-refractivity contribution in [2.75, 3.05) is 10.6 Å². The Hall–Kier alpha value is -3.94. The number of carbonyl (C=O) groups is 2. The topological polar surface area (TPSA) is 101 Å². The predicted molar refractivity (Wildman–Crippen MR) is 118 cm³/mol. The van der Waals surface area contributed by atoms with E-state index in [4.69, 9.17) is 9.84 Å².